The number of fused-ring (bicyclic) bond motifs is 1. The minimum absolute atomic E-state index is 0.238. The van der Waals surface area contributed by atoms with E-state index in [-0.39, 0.29) is 5.91 Å². The topological polar surface area (TPSA) is 32.3 Å². The number of aryl methyl sites for hydroxylation is 2. The third-order valence-electron chi connectivity index (χ3n) is 4.37. The largest absolute Gasteiger partial charge is 0.338 e. The molecule has 2 saturated heterocycles. The smallest absolute Gasteiger partial charge is 0.263 e. The van der Waals surface area contributed by atoms with E-state index in [0.29, 0.717) is 5.92 Å². The van der Waals surface area contributed by atoms with Gasteiger partial charge in [0.15, 0.2) is 0 Å². The van der Waals surface area contributed by atoms with Crippen molar-refractivity contribution < 1.29 is 4.79 Å². The van der Waals surface area contributed by atoms with Crippen LogP contribution in [-0.4, -0.2) is 37.0 Å². The van der Waals surface area contributed by atoms with Crippen molar-refractivity contribution in [2.24, 2.45) is 11.8 Å². The summed E-state index contributed by atoms with van der Waals surface area (Å²) in [4.78, 5) is 16.7. The molecular formula is C14H20N2OS. The first kappa shape index (κ1) is 12.2. The fraction of sp³-hybridized carbons (Fsp3) is 0.643. The molecule has 0 bridgehead atoms. The van der Waals surface area contributed by atoms with E-state index in [1.165, 1.54) is 10.4 Å². The molecule has 0 aliphatic carbocycles. The Balaban J connectivity index is 1.73. The van der Waals surface area contributed by atoms with E-state index in [1.807, 2.05) is 6.07 Å². The van der Waals surface area contributed by atoms with Gasteiger partial charge < -0.3 is 10.2 Å². The number of amides is 1. The molecule has 1 aromatic heterocycles. The Hall–Kier alpha value is -0.870. The Morgan fingerprint density at radius 1 is 1.39 bits per heavy atom. The van der Waals surface area contributed by atoms with Crippen molar-refractivity contribution in [2.75, 3.05) is 26.2 Å². The molecule has 1 N–H and O–H groups in total. The predicted molar refractivity (Wildman–Crippen MR) is 74.2 cm³/mol. The number of carbonyl (C=O) groups is 1. The number of piperidine rings is 1. The summed E-state index contributed by atoms with van der Waals surface area (Å²) in [6, 6.07) is 2.04. The summed E-state index contributed by atoms with van der Waals surface area (Å²) < 4.78 is 0. The summed E-state index contributed by atoms with van der Waals surface area (Å²) in [6.45, 7) is 8.25. The molecule has 0 radical (unpaired) electrons. The molecule has 1 amide bonds. The maximum atomic E-state index is 12.5. The summed E-state index contributed by atoms with van der Waals surface area (Å²) in [5, 5.41) is 3.44. The zero-order valence-corrected chi connectivity index (χ0v) is 11.8. The molecule has 3 rings (SSSR count). The van der Waals surface area contributed by atoms with Gasteiger partial charge in [-0.2, -0.15) is 0 Å². The number of thiophene rings is 1. The van der Waals surface area contributed by atoms with Gasteiger partial charge in [0.25, 0.3) is 5.91 Å². The van der Waals surface area contributed by atoms with Gasteiger partial charge >= 0.3 is 0 Å². The highest BCUT2D eigenvalue weighted by molar-refractivity contribution is 7.14. The van der Waals surface area contributed by atoms with E-state index >= 15 is 0 Å². The van der Waals surface area contributed by atoms with E-state index in [0.717, 1.165) is 43.4 Å². The quantitative estimate of drug-likeness (QED) is 0.842. The number of rotatable bonds is 1. The number of hydrogen-bond donors (Lipinski definition) is 1. The van der Waals surface area contributed by atoms with Crippen LogP contribution in [0.5, 0.6) is 0 Å². The van der Waals surface area contributed by atoms with Crippen LogP contribution in [-0.2, 0) is 0 Å². The van der Waals surface area contributed by atoms with Crippen LogP contribution in [0.1, 0.15) is 26.5 Å². The lowest BCUT2D eigenvalue weighted by Crippen LogP contribution is -2.43. The average Bonchev–Trinajstić information content (AvgIpc) is 2.95. The SMILES string of the molecule is Cc1cc(C(=O)N2CCC3CNCC3C2)sc1C. The third-order valence-corrected chi connectivity index (χ3v) is 5.51. The number of carbonyl (C=O) groups excluding carboxylic acids is 1. The Labute approximate surface area is 112 Å². The Morgan fingerprint density at radius 3 is 2.89 bits per heavy atom. The fourth-order valence-electron chi connectivity index (χ4n) is 3.05. The van der Waals surface area contributed by atoms with Gasteiger partial charge in [-0.3, -0.25) is 4.79 Å². The van der Waals surface area contributed by atoms with Crippen LogP contribution in [0, 0.1) is 25.7 Å². The second-order valence-corrected chi connectivity index (χ2v) is 6.82. The Morgan fingerprint density at radius 2 is 2.17 bits per heavy atom. The molecule has 4 heteroatoms. The van der Waals surface area contributed by atoms with Crippen molar-refractivity contribution in [3.63, 3.8) is 0 Å². The van der Waals surface area contributed by atoms with Gasteiger partial charge in [-0.15, -0.1) is 11.3 Å². The van der Waals surface area contributed by atoms with Crippen LogP contribution in [0.2, 0.25) is 0 Å². The van der Waals surface area contributed by atoms with Gasteiger partial charge in [-0.1, -0.05) is 0 Å². The van der Waals surface area contributed by atoms with Gasteiger partial charge in [-0.05, 0) is 56.8 Å². The molecule has 1 aromatic rings. The van der Waals surface area contributed by atoms with Crippen LogP contribution in [0.4, 0.5) is 0 Å². The highest BCUT2D eigenvalue weighted by Gasteiger charge is 2.34. The van der Waals surface area contributed by atoms with E-state index in [2.05, 4.69) is 24.1 Å². The maximum Gasteiger partial charge on any atom is 0.263 e. The summed E-state index contributed by atoms with van der Waals surface area (Å²) >= 11 is 1.63. The Kier molecular flexibility index (Phi) is 3.16. The molecule has 0 aromatic carbocycles. The molecule has 0 saturated carbocycles. The fourth-order valence-corrected chi connectivity index (χ4v) is 4.06. The molecular weight excluding hydrogens is 244 g/mol. The molecule has 2 atom stereocenters. The minimum atomic E-state index is 0.238. The van der Waals surface area contributed by atoms with Crippen LogP contribution >= 0.6 is 11.3 Å². The first-order chi connectivity index (χ1) is 8.65. The number of nitrogens with zero attached hydrogens (tertiary/aromatic N) is 1. The number of nitrogens with one attached hydrogen (secondary N) is 1. The van der Waals surface area contributed by atoms with Crippen molar-refractivity contribution >= 4 is 17.2 Å². The van der Waals surface area contributed by atoms with Gasteiger partial charge in [0, 0.05) is 18.0 Å². The first-order valence-corrected chi connectivity index (χ1v) is 7.54. The molecule has 98 valence electrons. The first-order valence-electron chi connectivity index (χ1n) is 6.72. The lowest BCUT2D eigenvalue weighted by atomic mass is 9.88. The molecule has 2 aliphatic rings. The molecule has 2 unspecified atom stereocenters. The van der Waals surface area contributed by atoms with Crippen LogP contribution in [0.25, 0.3) is 0 Å². The summed E-state index contributed by atoms with van der Waals surface area (Å²) in [5.74, 6) is 1.70. The summed E-state index contributed by atoms with van der Waals surface area (Å²) in [6.07, 6.45) is 1.16. The van der Waals surface area contributed by atoms with Crippen LogP contribution in [0.15, 0.2) is 6.07 Å². The molecule has 2 fully saturated rings. The molecule has 3 nitrogen and oxygen atoms in total. The van der Waals surface area contributed by atoms with Gasteiger partial charge in [0.05, 0.1) is 4.88 Å². The van der Waals surface area contributed by atoms with Crippen molar-refractivity contribution in [2.45, 2.75) is 20.3 Å². The summed E-state index contributed by atoms with van der Waals surface area (Å²) in [7, 11) is 0. The lowest BCUT2D eigenvalue weighted by Gasteiger charge is -2.34. The van der Waals surface area contributed by atoms with E-state index < -0.39 is 0 Å². The second-order valence-electron chi connectivity index (χ2n) is 5.57. The molecule has 3 heterocycles. The average molecular weight is 264 g/mol. The standard InChI is InChI=1S/C14H20N2OS/c1-9-5-13(18-10(9)2)14(17)16-4-3-11-6-15-7-12(11)8-16/h5,11-12,15H,3-4,6-8H2,1-2H3. The predicted octanol–water partition coefficient (Wildman–Crippen LogP) is 2.05. The van der Waals surface area contributed by atoms with E-state index in [4.69, 9.17) is 0 Å². The third kappa shape index (κ3) is 2.08. The van der Waals surface area contributed by atoms with Crippen molar-refractivity contribution in [3.05, 3.63) is 21.4 Å². The lowest BCUT2D eigenvalue weighted by molar-refractivity contribution is 0.0647. The highest BCUT2D eigenvalue weighted by Crippen LogP contribution is 2.29. The van der Waals surface area contributed by atoms with Crippen molar-refractivity contribution in [1.82, 2.24) is 10.2 Å². The number of likely N-dealkylation sites (tertiary alicyclic amines) is 1. The van der Waals surface area contributed by atoms with Crippen LogP contribution < -0.4 is 5.32 Å². The number of hydrogen-bond acceptors (Lipinski definition) is 3. The monoisotopic (exact) mass is 264 g/mol. The van der Waals surface area contributed by atoms with Gasteiger partial charge in [-0.25, -0.2) is 0 Å². The van der Waals surface area contributed by atoms with Gasteiger partial charge in [0.2, 0.25) is 0 Å². The normalized spacial score (nSPS) is 27.3. The second kappa shape index (κ2) is 4.67. The Bertz CT molecular complexity index is 449. The zero-order valence-electron chi connectivity index (χ0n) is 11.0. The van der Waals surface area contributed by atoms with Crippen LogP contribution in [0.3, 0.4) is 0 Å². The highest BCUT2D eigenvalue weighted by atomic mass is 32.1. The van der Waals surface area contributed by atoms with E-state index in [9.17, 15) is 4.79 Å². The molecule has 2 aliphatic heterocycles. The minimum Gasteiger partial charge on any atom is -0.338 e. The van der Waals surface area contributed by atoms with E-state index in [1.54, 1.807) is 11.3 Å². The van der Waals surface area contributed by atoms with Crippen molar-refractivity contribution in [1.29, 1.82) is 0 Å². The molecule has 18 heavy (non-hydrogen) atoms. The molecule has 0 spiro atoms. The van der Waals surface area contributed by atoms with Gasteiger partial charge in [0.1, 0.15) is 0 Å². The van der Waals surface area contributed by atoms with Crippen molar-refractivity contribution in [3.8, 4) is 0 Å². The maximum absolute atomic E-state index is 12.5. The summed E-state index contributed by atoms with van der Waals surface area (Å²) in [5.41, 5.74) is 1.24. The zero-order chi connectivity index (χ0) is 12.7.